The number of nitrogens with one attached hydrogen (secondary N) is 1. The van der Waals surface area contributed by atoms with Crippen molar-refractivity contribution in [1.82, 2.24) is 10.3 Å². The molecule has 0 fully saturated rings. The first kappa shape index (κ1) is 15.4. The number of pyridine rings is 1. The zero-order valence-corrected chi connectivity index (χ0v) is 12.5. The van der Waals surface area contributed by atoms with Crippen molar-refractivity contribution in [3.05, 3.63) is 59.7 Å². The van der Waals surface area contributed by atoms with Gasteiger partial charge in [-0.1, -0.05) is 26.0 Å². The van der Waals surface area contributed by atoms with Crippen molar-refractivity contribution < 1.29 is 9.13 Å². The van der Waals surface area contributed by atoms with Gasteiger partial charge in [-0.25, -0.2) is 4.39 Å². The fraction of sp³-hybridized carbons (Fsp3) is 0.353. The Morgan fingerprint density at radius 1 is 1.24 bits per heavy atom. The van der Waals surface area contributed by atoms with Crippen molar-refractivity contribution in [1.29, 1.82) is 0 Å². The van der Waals surface area contributed by atoms with Crippen LogP contribution in [0.5, 0.6) is 5.75 Å². The highest BCUT2D eigenvalue weighted by Crippen LogP contribution is 2.19. The Hall–Kier alpha value is -1.94. The molecule has 0 saturated carbocycles. The van der Waals surface area contributed by atoms with Gasteiger partial charge in [0.25, 0.3) is 0 Å². The van der Waals surface area contributed by atoms with Crippen LogP contribution in [0.1, 0.15) is 25.1 Å². The van der Waals surface area contributed by atoms with Gasteiger partial charge in [-0.15, -0.1) is 0 Å². The number of benzene rings is 1. The Labute approximate surface area is 125 Å². The molecule has 0 aliphatic heterocycles. The van der Waals surface area contributed by atoms with E-state index in [0.717, 1.165) is 17.8 Å². The van der Waals surface area contributed by atoms with Crippen LogP contribution >= 0.6 is 0 Å². The van der Waals surface area contributed by atoms with E-state index in [0.29, 0.717) is 12.5 Å². The lowest BCUT2D eigenvalue weighted by Crippen LogP contribution is -2.19. The summed E-state index contributed by atoms with van der Waals surface area (Å²) in [4.78, 5) is 4.14. The molecular formula is C17H21FN2O. The quantitative estimate of drug-likeness (QED) is 0.846. The smallest absolute Gasteiger partial charge is 0.165 e. The van der Waals surface area contributed by atoms with Crippen LogP contribution < -0.4 is 10.1 Å². The summed E-state index contributed by atoms with van der Waals surface area (Å²) in [5, 5.41) is 3.29. The Morgan fingerprint density at radius 3 is 2.76 bits per heavy atom. The standard InChI is InChI=1S/C17H21FN2O/c1-13(2)10-19-11-14-6-7-17(16(18)9-14)21-12-15-5-3-4-8-20-15/h3-9,13,19H,10-12H2,1-2H3. The molecule has 0 spiro atoms. The van der Waals surface area contributed by atoms with E-state index < -0.39 is 0 Å². The second kappa shape index (κ2) is 7.74. The molecule has 21 heavy (non-hydrogen) atoms. The van der Waals surface area contributed by atoms with E-state index in [9.17, 15) is 4.39 Å². The molecule has 0 aliphatic carbocycles. The third kappa shape index (κ3) is 5.16. The van der Waals surface area contributed by atoms with Crippen molar-refractivity contribution in [2.45, 2.75) is 27.0 Å². The minimum Gasteiger partial charge on any atom is -0.484 e. The van der Waals surface area contributed by atoms with Gasteiger partial charge in [0, 0.05) is 12.7 Å². The molecule has 0 bridgehead atoms. The molecule has 0 aliphatic rings. The number of ether oxygens (including phenoxy) is 1. The van der Waals surface area contributed by atoms with Gasteiger partial charge >= 0.3 is 0 Å². The van der Waals surface area contributed by atoms with Gasteiger partial charge < -0.3 is 10.1 Å². The molecule has 1 N–H and O–H groups in total. The summed E-state index contributed by atoms with van der Waals surface area (Å²) in [5.74, 6) is 0.499. The normalized spacial score (nSPS) is 10.9. The summed E-state index contributed by atoms with van der Waals surface area (Å²) in [7, 11) is 0. The monoisotopic (exact) mass is 288 g/mol. The van der Waals surface area contributed by atoms with E-state index in [-0.39, 0.29) is 18.2 Å². The topological polar surface area (TPSA) is 34.1 Å². The molecular weight excluding hydrogens is 267 g/mol. The highest BCUT2D eigenvalue weighted by atomic mass is 19.1. The highest BCUT2D eigenvalue weighted by molar-refractivity contribution is 5.29. The first-order valence-electron chi connectivity index (χ1n) is 7.17. The van der Waals surface area contributed by atoms with Gasteiger partial charge in [0.2, 0.25) is 0 Å². The van der Waals surface area contributed by atoms with E-state index in [1.165, 1.54) is 6.07 Å². The first-order valence-corrected chi connectivity index (χ1v) is 7.17. The summed E-state index contributed by atoms with van der Waals surface area (Å²) in [6.07, 6.45) is 1.69. The van der Waals surface area contributed by atoms with Gasteiger partial charge in [0.15, 0.2) is 11.6 Å². The maximum Gasteiger partial charge on any atom is 0.165 e. The van der Waals surface area contributed by atoms with E-state index in [4.69, 9.17) is 4.74 Å². The predicted molar refractivity (Wildman–Crippen MR) is 81.5 cm³/mol. The minimum absolute atomic E-state index is 0.258. The Balaban J connectivity index is 1.90. The number of hydrogen-bond donors (Lipinski definition) is 1. The number of hydrogen-bond acceptors (Lipinski definition) is 3. The molecule has 1 aromatic carbocycles. The average molecular weight is 288 g/mol. The van der Waals surface area contributed by atoms with Crippen LogP contribution in [0.15, 0.2) is 42.6 Å². The Morgan fingerprint density at radius 2 is 2.10 bits per heavy atom. The van der Waals surface area contributed by atoms with Crippen LogP contribution in [0, 0.1) is 11.7 Å². The van der Waals surface area contributed by atoms with Crippen LogP contribution in [-0.4, -0.2) is 11.5 Å². The molecule has 4 heteroatoms. The summed E-state index contributed by atoms with van der Waals surface area (Å²) >= 11 is 0. The molecule has 112 valence electrons. The van der Waals surface area contributed by atoms with Crippen molar-refractivity contribution in [2.75, 3.05) is 6.54 Å². The molecule has 0 radical (unpaired) electrons. The highest BCUT2D eigenvalue weighted by Gasteiger charge is 2.06. The molecule has 0 atom stereocenters. The maximum absolute atomic E-state index is 14.0. The van der Waals surface area contributed by atoms with Crippen molar-refractivity contribution in [3.63, 3.8) is 0 Å². The predicted octanol–water partition coefficient (Wildman–Crippen LogP) is 3.55. The SMILES string of the molecule is CC(C)CNCc1ccc(OCc2ccccn2)c(F)c1. The fourth-order valence-electron chi connectivity index (χ4n) is 1.91. The van der Waals surface area contributed by atoms with Crippen molar-refractivity contribution in [3.8, 4) is 5.75 Å². The Bertz CT molecular complexity index is 558. The van der Waals surface area contributed by atoms with Gasteiger partial charge in [0.1, 0.15) is 6.61 Å². The largest absolute Gasteiger partial charge is 0.484 e. The van der Waals surface area contributed by atoms with E-state index in [2.05, 4.69) is 24.1 Å². The molecule has 2 rings (SSSR count). The van der Waals surface area contributed by atoms with Gasteiger partial charge in [-0.3, -0.25) is 4.98 Å². The molecule has 2 aromatic rings. The van der Waals surface area contributed by atoms with Crippen LogP contribution in [-0.2, 0) is 13.2 Å². The van der Waals surface area contributed by atoms with E-state index in [1.807, 2.05) is 24.3 Å². The summed E-state index contributed by atoms with van der Waals surface area (Å²) in [5.41, 5.74) is 1.69. The number of nitrogens with zero attached hydrogens (tertiary/aromatic N) is 1. The van der Waals surface area contributed by atoms with Crippen molar-refractivity contribution >= 4 is 0 Å². The Kier molecular flexibility index (Phi) is 5.69. The molecule has 3 nitrogen and oxygen atoms in total. The minimum atomic E-state index is -0.338. The van der Waals surface area contributed by atoms with Crippen LogP contribution in [0.2, 0.25) is 0 Å². The lowest BCUT2D eigenvalue weighted by molar-refractivity contribution is 0.285. The van der Waals surface area contributed by atoms with Gasteiger partial charge in [-0.2, -0.15) is 0 Å². The van der Waals surface area contributed by atoms with Crippen molar-refractivity contribution in [2.24, 2.45) is 5.92 Å². The average Bonchev–Trinajstić information content (AvgIpc) is 2.47. The summed E-state index contributed by atoms with van der Waals surface area (Å²) in [6, 6.07) is 10.6. The number of aromatic nitrogens is 1. The van der Waals surface area contributed by atoms with Gasteiger partial charge in [-0.05, 0) is 42.3 Å². The third-order valence-corrected chi connectivity index (χ3v) is 2.98. The number of halogens is 1. The van der Waals surface area contributed by atoms with E-state index in [1.54, 1.807) is 12.3 Å². The zero-order chi connectivity index (χ0) is 15.1. The fourth-order valence-corrected chi connectivity index (χ4v) is 1.91. The first-order chi connectivity index (χ1) is 10.1. The molecule has 0 saturated heterocycles. The third-order valence-electron chi connectivity index (χ3n) is 2.98. The van der Waals surface area contributed by atoms with E-state index >= 15 is 0 Å². The lowest BCUT2D eigenvalue weighted by Gasteiger charge is -2.10. The second-order valence-electron chi connectivity index (χ2n) is 5.40. The lowest BCUT2D eigenvalue weighted by atomic mass is 10.2. The summed E-state index contributed by atoms with van der Waals surface area (Å²) in [6.45, 7) is 6.13. The van der Waals surface area contributed by atoms with Crippen LogP contribution in [0.25, 0.3) is 0 Å². The van der Waals surface area contributed by atoms with Gasteiger partial charge in [0.05, 0.1) is 5.69 Å². The maximum atomic E-state index is 14.0. The summed E-state index contributed by atoms with van der Waals surface area (Å²) < 4.78 is 19.4. The van der Waals surface area contributed by atoms with Crippen LogP contribution in [0.3, 0.4) is 0 Å². The molecule has 0 amide bonds. The zero-order valence-electron chi connectivity index (χ0n) is 12.5. The number of rotatable bonds is 7. The molecule has 0 unspecified atom stereocenters. The second-order valence-corrected chi connectivity index (χ2v) is 5.40. The molecule has 1 aromatic heterocycles. The molecule has 1 heterocycles. The van der Waals surface area contributed by atoms with Crippen LogP contribution in [0.4, 0.5) is 4.39 Å².